The largest absolute Gasteiger partial charge is 0.449 e. The van der Waals surface area contributed by atoms with Gasteiger partial charge >= 0.3 is 6.09 Å². The second kappa shape index (κ2) is 17.1. The first-order valence-electron chi connectivity index (χ1n) is 18.4. The van der Waals surface area contributed by atoms with Crippen LogP contribution in [0.25, 0.3) is 0 Å². The third-order valence-electron chi connectivity index (χ3n) is 10.0. The van der Waals surface area contributed by atoms with Crippen LogP contribution >= 0.6 is 0 Å². The van der Waals surface area contributed by atoms with Crippen LogP contribution in [-0.2, 0) is 33.5 Å². The summed E-state index contributed by atoms with van der Waals surface area (Å²) in [6, 6.07) is 4.49. The molecule has 4 N–H and O–H groups in total. The van der Waals surface area contributed by atoms with E-state index in [0.717, 1.165) is 0 Å². The molecule has 1 saturated carbocycles. The molecule has 53 heavy (non-hydrogen) atoms. The van der Waals surface area contributed by atoms with Gasteiger partial charge in [0.1, 0.15) is 18.1 Å². The summed E-state index contributed by atoms with van der Waals surface area (Å²) in [5, 5.41) is 10.5. The molecule has 2 unspecified atom stereocenters. The Morgan fingerprint density at radius 1 is 0.943 bits per heavy atom. The lowest BCUT2D eigenvalue weighted by molar-refractivity contribution is -0.145. The summed E-state index contributed by atoms with van der Waals surface area (Å²) in [5.74, 6) is -4.21. The van der Waals surface area contributed by atoms with Crippen molar-refractivity contribution in [2.75, 3.05) is 33.8 Å². The highest BCUT2D eigenvalue weighted by Gasteiger charge is 2.70. The van der Waals surface area contributed by atoms with E-state index in [1.807, 2.05) is 62.3 Å². The number of Topliss-reactive ketones (excluding diaryl/α,β-unsaturated/α-hetero) is 1. The number of ketones is 1. The number of hydrogen-bond donors (Lipinski definition) is 4. The molecular formula is C39H60N6O8. The van der Waals surface area contributed by atoms with E-state index in [1.165, 1.54) is 9.80 Å². The molecule has 294 valence electrons. The maximum Gasteiger partial charge on any atom is 0.407 e. The number of nitrogens with zero attached hydrogens (tertiary/aromatic N) is 2. The van der Waals surface area contributed by atoms with Crippen LogP contribution in [0.4, 0.5) is 4.79 Å². The van der Waals surface area contributed by atoms with Crippen LogP contribution in [0, 0.1) is 28.1 Å². The highest BCUT2D eigenvalue weighted by molar-refractivity contribution is 6.38. The van der Waals surface area contributed by atoms with Crippen molar-refractivity contribution >= 4 is 41.4 Å². The number of rotatable bonds is 15. The standard InChI is InChI=1S/C39H60N6O8/c1-12-13-19-25(30(47)33(49)40-20-26(46)42-28(34(50)44(10)11)23-17-15-14-16-18-23)41-32(48)29-27-24(39(27,8)9)21-45(29)35(51)31(38(5,6)7)43-36(52)53-22-37(2,3)4/h14-18,24-25,27-29,31H,12-13,19-22H2,1-11H3,(H,40,49)(H,41,48)(H,42,46)(H,43,52)/t24-,25?,27-,28-,29?,31+/m0/s1. The number of hydrogen-bond acceptors (Lipinski definition) is 8. The molecule has 1 saturated heterocycles. The Labute approximate surface area is 313 Å². The SMILES string of the molecule is CCCCC(NC(=O)C1[C@@H]2[C@H](CN1C(=O)[C@@H](NC(=O)OCC(C)(C)C)C(C)(C)C)C2(C)C)C(=O)C(=O)NCC(=O)N[C@H](C(=O)N(C)C)c1ccccc1. The minimum Gasteiger partial charge on any atom is -0.449 e. The van der Waals surface area contributed by atoms with Crippen molar-refractivity contribution in [2.24, 2.45) is 28.1 Å². The minimum absolute atomic E-state index is 0.0290. The molecule has 0 radical (unpaired) electrons. The summed E-state index contributed by atoms with van der Waals surface area (Å²) in [6.45, 7) is 17.0. The molecule has 1 heterocycles. The van der Waals surface area contributed by atoms with Crippen LogP contribution in [-0.4, -0.2) is 103 Å². The highest BCUT2D eigenvalue weighted by Crippen LogP contribution is 2.65. The number of nitrogens with one attached hydrogen (secondary N) is 4. The van der Waals surface area contributed by atoms with Crippen LogP contribution in [0.3, 0.4) is 0 Å². The van der Waals surface area contributed by atoms with E-state index in [1.54, 1.807) is 44.4 Å². The minimum atomic E-state index is -1.21. The normalized spacial score (nSPS) is 20.5. The average molecular weight is 741 g/mol. The fourth-order valence-electron chi connectivity index (χ4n) is 6.81. The van der Waals surface area contributed by atoms with E-state index >= 15 is 0 Å². The van der Waals surface area contributed by atoms with Crippen molar-refractivity contribution in [3.8, 4) is 0 Å². The van der Waals surface area contributed by atoms with Crippen LogP contribution in [0.1, 0.15) is 93.2 Å². The molecule has 3 rings (SSSR count). The smallest absolute Gasteiger partial charge is 0.407 e. The molecule has 1 aromatic rings. The molecule has 2 aliphatic rings. The Balaban J connectivity index is 1.75. The first-order valence-corrected chi connectivity index (χ1v) is 18.4. The lowest BCUT2D eigenvalue weighted by Crippen LogP contribution is -2.60. The molecule has 14 nitrogen and oxygen atoms in total. The maximum atomic E-state index is 14.2. The Bertz CT molecular complexity index is 1530. The van der Waals surface area contributed by atoms with E-state index in [9.17, 15) is 33.6 Å². The van der Waals surface area contributed by atoms with E-state index in [2.05, 4.69) is 21.3 Å². The highest BCUT2D eigenvalue weighted by atomic mass is 16.5. The third kappa shape index (κ3) is 11.0. The molecule has 0 bridgehead atoms. The fourth-order valence-corrected chi connectivity index (χ4v) is 6.81. The van der Waals surface area contributed by atoms with Crippen molar-refractivity contribution in [2.45, 2.75) is 106 Å². The lowest BCUT2D eigenvalue weighted by Gasteiger charge is -2.37. The summed E-state index contributed by atoms with van der Waals surface area (Å²) in [5.41, 5.74) is -0.702. The summed E-state index contributed by atoms with van der Waals surface area (Å²) < 4.78 is 5.40. The number of likely N-dealkylation sites (tertiary alicyclic amines) is 1. The van der Waals surface area contributed by atoms with Crippen molar-refractivity contribution in [1.82, 2.24) is 31.1 Å². The molecule has 0 spiro atoms. The third-order valence-corrected chi connectivity index (χ3v) is 10.0. The van der Waals surface area contributed by atoms with E-state index in [0.29, 0.717) is 24.9 Å². The number of piperidine rings is 1. The zero-order valence-corrected chi connectivity index (χ0v) is 33.3. The number of amides is 6. The molecule has 14 heteroatoms. The topological polar surface area (TPSA) is 183 Å². The maximum absolute atomic E-state index is 14.2. The molecular weight excluding hydrogens is 680 g/mol. The number of carbonyl (C=O) groups is 7. The van der Waals surface area contributed by atoms with E-state index in [4.69, 9.17) is 4.74 Å². The molecule has 2 fully saturated rings. The van der Waals surface area contributed by atoms with Gasteiger partial charge in [0.25, 0.3) is 5.91 Å². The van der Waals surface area contributed by atoms with Gasteiger partial charge in [0.05, 0.1) is 19.2 Å². The Hall–Kier alpha value is -4.49. The number of ether oxygens (including phenoxy) is 1. The van der Waals surface area contributed by atoms with Crippen LogP contribution < -0.4 is 21.3 Å². The van der Waals surface area contributed by atoms with Crippen LogP contribution in [0.15, 0.2) is 30.3 Å². The summed E-state index contributed by atoms with van der Waals surface area (Å²) in [6.07, 6.45) is 0.634. The number of benzene rings is 1. The first-order chi connectivity index (χ1) is 24.5. The number of likely N-dealkylation sites (N-methyl/N-ethyl adjacent to an activating group) is 1. The van der Waals surface area contributed by atoms with Gasteiger partial charge in [-0.05, 0) is 40.1 Å². The quantitative estimate of drug-likeness (QED) is 0.198. The van der Waals surface area contributed by atoms with Crippen molar-refractivity contribution in [3.63, 3.8) is 0 Å². The second-order valence-electron chi connectivity index (χ2n) is 17.4. The fraction of sp³-hybridized carbons (Fsp3) is 0.667. The monoisotopic (exact) mass is 740 g/mol. The van der Waals surface area contributed by atoms with E-state index in [-0.39, 0.29) is 41.6 Å². The van der Waals surface area contributed by atoms with Gasteiger partial charge in [0.2, 0.25) is 29.4 Å². The van der Waals surface area contributed by atoms with Gasteiger partial charge in [-0.2, -0.15) is 0 Å². The average Bonchev–Trinajstić information content (AvgIpc) is 3.38. The van der Waals surface area contributed by atoms with Gasteiger partial charge in [-0.15, -0.1) is 0 Å². The summed E-state index contributed by atoms with van der Waals surface area (Å²) >= 11 is 0. The Morgan fingerprint density at radius 3 is 2.11 bits per heavy atom. The molecule has 6 atom stereocenters. The number of fused-ring (bicyclic) bond motifs is 1. The Morgan fingerprint density at radius 2 is 1.57 bits per heavy atom. The predicted octanol–water partition coefficient (Wildman–Crippen LogP) is 2.96. The molecule has 1 aliphatic heterocycles. The second-order valence-corrected chi connectivity index (χ2v) is 17.4. The molecule has 1 aromatic carbocycles. The van der Waals surface area contributed by atoms with Gasteiger partial charge in [0.15, 0.2) is 0 Å². The number of unbranched alkanes of at least 4 members (excludes halogenated alkanes) is 1. The van der Waals surface area contributed by atoms with Gasteiger partial charge < -0.3 is 35.8 Å². The zero-order chi connectivity index (χ0) is 40.1. The predicted molar refractivity (Wildman–Crippen MR) is 199 cm³/mol. The molecule has 0 aromatic heterocycles. The summed E-state index contributed by atoms with van der Waals surface area (Å²) in [4.78, 5) is 96.4. The van der Waals surface area contributed by atoms with Crippen LogP contribution in [0.5, 0.6) is 0 Å². The van der Waals surface area contributed by atoms with E-state index < -0.39 is 71.6 Å². The molecule has 6 amide bonds. The van der Waals surface area contributed by atoms with Gasteiger partial charge in [-0.25, -0.2) is 4.79 Å². The van der Waals surface area contributed by atoms with Gasteiger partial charge in [0, 0.05) is 20.6 Å². The summed E-state index contributed by atoms with van der Waals surface area (Å²) in [7, 11) is 3.12. The van der Waals surface area contributed by atoms with Crippen LogP contribution in [0.2, 0.25) is 0 Å². The number of alkyl carbamates (subject to hydrolysis) is 1. The lowest BCUT2D eigenvalue weighted by atomic mass is 9.85. The molecule has 1 aliphatic carbocycles. The zero-order valence-electron chi connectivity index (χ0n) is 33.3. The van der Waals surface area contributed by atoms with Crippen molar-refractivity contribution < 1.29 is 38.3 Å². The van der Waals surface area contributed by atoms with Gasteiger partial charge in [-0.3, -0.25) is 28.8 Å². The Kier molecular flexibility index (Phi) is 13.9. The van der Waals surface area contributed by atoms with Crippen molar-refractivity contribution in [3.05, 3.63) is 35.9 Å². The van der Waals surface area contributed by atoms with Crippen molar-refractivity contribution in [1.29, 1.82) is 0 Å². The number of carbonyl (C=O) groups excluding carboxylic acids is 7. The van der Waals surface area contributed by atoms with Gasteiger partial charge in [-0.1, -0.05) is 105 Å². The first kappa shape index (κ1) is 42.9.